The molecule has 5 nitrogen and oxygen atoms in total. The normalized spacial score (nSPS) is 14.7. The fourth-order valence-corrected chi connectivity index (χ4v) is 4.09. The van der Waals surface area contributed by atoms with E-state index in [9.17, 15) is 4.79 Å². The first-order chi connectivity index (χ1) is 13.7. The maximum atomic E-state index is 12.4. The fraction of sp³-hybridized carbons (Fsp3) is 0.273. The van der Waals surface area contributed by atoms with E-state index in [1.807, 2.05) is 31.3 Å². The maximum Gasteiger partial charge on any atom is 0.246 e. The molecule has 1 aliphatic rings. The van der Waals surface area contributed by atoms with Crippen LogP contribution >= 0.6 is 11.3 Å². The second-order valence-electron chi connectivity index (χ2n) is 6.81. The van der Waals surface area contributed by atoms with Crippen molar-refractivity contribution in [1.29, 1.82) is 0 Å². The minimum atomic E-state index is -0.0310. The van der Waals surface area contributed by atoms with Crippen LogP contribution in [0.3, 0.4) is 0 Å². The van der Waals surface area contributed by atoms with Gasteiger partial charge in [-0.15, -0.1) is 11.3 Å². The van der Waals surface area contributed by atoms with Gasteiger partial charge in [0, 0.05) is 38.4 Å². The largest absolute Gasteiger partial charge is 0.378 e. The standard InChI is InChI=1S/C22H23N3O2S/c1-24(16-17-6-8-18(9-7-17)25-12-14-27-15-13-25)22(26)11-10-21-23-19-4-2-3-5-20(19)28-21/h2-11H,12-16H2,1H3/b11-10+. The van der Waals surface area contributed by atoms with Crippen LogP contribution in [0.5, 0.6) is 0 Å². The summed E-state index contributed by atoms with van der Waals surface area (Å²) in [6.07, 6.45) is 3.39. The Bertz CT molecular complexity index is 942. The van der Waals surface area contributed by atoms with Crippen molar-refractivity contribution in [2.45, 2.75) is 6.54 Å². The van der Waals surface area contributed by atoms with Gasteiger partial charge in [0.25, 0.3) is 0 Å². The molecule has 0 saturated carbocycles. The predicted molar refractivity (Wildman–Crippen MR) is 115 cm³/mol. The van der Waals surface area contributed by atoms with Crippen molar-refractivity contribution in [3.8, 4) is 0 Å². The highest BCUT2D eigenvalue weighted by atomic mass is 32.1. The molecule has 1 aromatic heterocycles. The maximum absolute atomic E-state index is 12.4. The summed E-state index contributed by atoms with van der Waals surface area (Å²) in [5.41, 5.74) is 3.28. The first-order valence-electron chi connectivity index (χ1n) is 9.39. The van der Waals surface area contributed by atoms with Gasteiger partial charge in [0.2, 0.25) is 5.91 Å². The molecule has 2 heterocycles. The monoisotopic (exact) mass is 393 g/mol. The second-order valence-corrected chi connectivity index (χ2v) is 7.88. The third-order valence-electron chi connectivity index (χ3n) is 4.79. The molecule has 0 spiro atoms. The summed E-state index contributed by atoms with van der Waals surface area (Å²) in [5, 5.41) is 0.845. The second kappa shape index (κ2) is 8.54. The molecule has 4 rings (SSSR count). The van der Waals surface area contributed by atoms with Crippen molar-refractivity contribution in [2.75, 3.05) is 38.3 Å². The number of nitrogens with zero attached hydrogens (tertiary/aromatic N) is 3. The minimum Gasteiger partial charge on any atom is -0.378 e. The Morgan fingerprint density at radius 3 is 2.68 bits per heavy atom. The third-order valence-corrected chi connectivity index (χ3v) is 5.79. The number of hydrogen-bond donors (Lipinski definition) is 0. The van der Waals surface area contributed by atoms with Gasteiger partial charge in [-0.25, -0.2) is 4.98 Å². The van der Waals surface area contributed by atoms with Crippen LogP contribution in [-0.4, -0.2) is 49.1 Å². The molecule has 1 fully saturated rings. The van der Waals surface area contributed by atoms with Gasteiger partial charge in [0.15, 0.2) is 0 Å². The summed E-state index contributed by atoms with van der Waals surface area (Å²) in [6, 6.07) is 16.4. The molecule has 144 valence electrons. The van der Waals surface area contributed by atoms with Crippen molar-refractivity contribution in [1.82, 2.24) is 9.88 Å². The van der Waals surface area contributed by atoms with Crippen LogP contribution in [0.4, 0.5) is 5.69 Å². The molecule has 1 aliphatic heterocycles. The van der Waals surface area contributed by atoms with Gasteiger partial charge in [0.05, 0.1) is 23.4 Å². The van der Waals surface area contributed by atoms with E-state index in [1.54, 1.807) is 28.4 Å². The van der Waals surface area contributed by atoms with Gasteiger partial charge in [0.1, 0.15) is 5.01 Å². The Labute approximate surface area is 168 Å². The molecule has 2 aromatic carbocycles. The lowest BCUT2D eigenvalue weighted by Crippen LogP contribution is -2.36. The van der Waals surface area contributed by atoms with Crippen molar-refractivity contribution in [3.63, 3.8) is 0 Å². The lowest BCUT2D eigenvalue weighted by Gasteiger charge is -2.29. The molecular weight excluding hydrogens is 370 g/mol. The van der Waals surface area contributed by atoms with Crippen LogP contribution in [0.2, 0.25) is 0 Å². The lowest BCUT2D eigenvalue weighted by atomic mass is 10.1. The van der Waals surface area contributed by atoms with Crippen molar-refractivity contribution in [2.24, 2.45) is 0 Å². The number of thiazole rings is 1. The summed E-state index contributed by atoms with van der Waals surface area (Å²) in [5.74, 6) is -0.0310. The minimum absolute atomic E-state index is 0.0310. The van der Waals surface area contributed by atoms with Gasteiger partial charge in [-0.05, 0) is 35.9 Å². The Morgan fingerprint density at radius 1 is 1.18 bits per heavy atom. The highest BCUT2D eigenvalue weighted by molar-refractivity contribution is 7.19. The molecule has 1 saturated heterocycles. The predicted octanol–water partition coefficient (Wildman–Crippen LogP) is 3.80. The summed E-state index contributed by atoms with van der Waals surface area (Å²) in [4.78, 5) is 21.0. The zero-order valence-corrected chi connectivity index (χ0v) is 16.7. The highest BCUT2D eigenvalue weighted by Crippen LogP contribution is 2.22. The molecule has 0 unspecified atom stereocenters. The molecule has 0 atom stereocenters. The first-order valence-corrected chi connectivity index (χ1v) is 10.2. The van der Waals surface area contributed by atoms with E-state index < -0.39 is 0 Å². The highest BCUT2D eigenvalue weighted by Gasteiger charge is 2.12. The number of para-hydroxylation sites is 1. The van der Waals surface area contributed by atoms with E-state index in [0.717, 1.165) is 47.1 Å². The summed E-state index contributed by atoms with van der Waals surface area (Å²) in [7, 11) is 1.82. The molecule has 0 N–H and O–H groups in total. The lowest BCUT2D eigenvalue weighted by molar-refractivity contribution is -0.125. The summed E-state index contributed by atoms with van der Waals surface area (Å²) in [6.45, 7) is 3.98. The summed E-state index contributed by atoms with van der Waals surface area (Å²) < 4.78 is 6.53. The van der Waals surface area contributed by atoms with Crippen LogP contribution in [0, 0.1) is 0 Å². The molecule has 0 radical (unpaired) electrons. The molecule has 0 bridgehead atoms. The number of aromatic nitrogens is 1. The van der Waals surface area contributed by atoms with Crippen LogP contribution in [0.15, 0.2) is 54.6 Å². The van der Waals surface area contributed by atoms with E-state index in [1.165, 1.54) is 5.69 Å². The van der Waals surface area contributed by atoms with Crippen molar-refractivity contribution < 1.29 is 9.53 Å². The number of amides is 1. The van der Waals surface area contributed by atoms with Gasteiger partial charge >= 0.3 is 0 Å². The van der Waals surface area contributed by atoms with Gasteiger partial charge < -0.3 is 14.5 Å². The topological polar surface area (TPSA) is 45.7 Å². The van der Waals surface area contributed by atoms with Crippen LogP contribution < -0.4 is 4.90 Å². The Hall–Kier alpha value is -2.70. The average molecular weight is 394 g/mol. The van der Waals surface area contributed by atoms with Crippen LogP contribution in [-0.2, 0) is 16.1 Å². The Morgan fingerprint density at radius 2 is 1.93 bits per heavy atom. The number of rotatable bonds is 5. The number of hydrogen-bond acceptors (Lipinski definition) is 5. The average Bonchev–Trinajstić information content (AvgIpc) is 3.16. The van der Waals surface area contributed by atoms with Gasteiger partial charge in [-0.1, -0.05) is 24.3 Å². The SMILES string of the molecule is CN(Cc1ccc(N2CCOCC2)cc1)C(=O)/C=C/c1nc2ccccc2s1. The number of benzene rings is 2. The van der Waals surface area contributed by atoms with Gasteiger partial charge in [-0.2, -0.15) is 0 Å². The number of ether oxygens (including phenoxy) is 1. The smallest absolute Gasteiger partial charge is 0.246 e. The van der Waals surface area contributed by atoms with E-state index in [0.29, 0.717) is 6.54 Å². The summed E-state index contributed by atoms with van der Waals surface area (Å²) >= 11 is 1.59. The zero-order valence-electron chi connectivity index (χ0n) is 15.9. The van der Waals surface area contributed by atoms with Crippen LogP contribution in [0.25, 0.3) is 16.3 Å². The number of carbonyl (C=O) groups excluding carboxylic acids is 1. The van der Waals surface area contributed by atoms with E-state index in [-0.39, 0.29) is 5.91 Å². The molecule has 6 heteroatoms. The number of morpholine rings is 1. The molecular formula is C22H23N3O2S. The van der Waals surface area contributed by atoms with Crippen LogP contribution in [0.1, 0.15) is 10.6 Å². The first kappa shape index (κ1) is 18.7. The number of carbonyl (C=O) groups is 1. The van der Waals surface area contributed by atoms with E-state index in [2.05, 4.69) is 34.1 Å². The number of fused-ring (bicyclic) bond motifs is 1. The van der Waals surface area contributed by atoms with Crippen molar-refractivity contribution >= 4 is 39.2 Å². The number of likely N-dealkylation sites (N-methyl/N-ethyl adjacent to an activating group) is 1. The van der Waals surface area contributed by atoms with Gasteiger partial charge in [-0.3, -0.25) is 4.79 Å². The van der Waals surface area contributed by atoms with E-state index in [4.69, 9.17) is 4.74 Å². The zero-order chi connectivity index (χ0) is 19.3. The fourth-order valence-electron chi connectivity index (χ4n) is 3.22. The Kier molecular flexibility index (Phi) is 5.69. The molecule has 0 aliphatic carbocycles. The molecule has 28 heavy (non-hydrogen) atoms. The molecule has 3 aromatic rings. The Balaban J connectivity index is 1.35. The molecule has 1 amide bonds. The van der Waals surface area contributed by atoms with Crippen molar-refractivity contribution in [3.05, 3.63) is 65.2 Å². The van der Waals surface area contributed by atoms with E-state index >= 15 is 0 Å². The quantitative estimate of drug-likeness (QED) is 0.619. The third kappa shape index (κ3) is 4.40. The number of anilines is 1.